The molecule has 0 bridgehead atoms. The monoisotopic (exact) mass is 611 g/mol. The lowest BCUT2D eigenvalue weighted by Crippen LogP contribution is -2.42. The van der Waals surface area contributed by atoms with E-state index in [1.807, 2.05) is 20.8 Å². The zero-order valence-corrected chi connectivity index (χ0v) is 26.5. The molecular weight excluding hydrogens is 562 g/mol. The topological polar surface area (TPSA) is 170 Å². The SMILES string of the molecule is CCCCCOC(=O)OC(C)C(C)C(c1ccc(OC(=O)OC(C)CCC)c(OC(=O)OC(C)CCC)c1)[C@H](N)C(=O)O. The smallest absolute Gasteiger partial charge is 0.480 e. The van der Waals surface area contributed by atoms with Gasteiger partial charge in [0.1, 0.15) is 24.4 Å². The molecule has 12 nitrogen and oxygen atoms in total. The first-order valence-electron chi connectivity index (χ1n) is 15.1. The van der Waals surface area contributed by atoms with Crippen LogP contribution in [-0.4, -0.2) is 60.5 Å². The van der Waals surface area contributed by atoms with Crippen LogP contribution in [0.2, 0.25) is 0 Å². The Bertz CT molecular complexity index is 1030. The molecule has 0 radical (unpaired) electrons. The molecule has 1 rings (SSSR count). The Labute approximate surface area is 254 Å². The molecule has 0 aliphatic heterocycles. The first kappa shape index (κ1) is 37.5. The van der Waals surface area contributed by atoms with Crippen LogP contribution in [0.25, 0.3) is 0 Å². The summed E-state index contributed by atoms with van der Waals surface area (Å²) in [5.41, 5.74) is 6.45. The van der Waals surface area contributed by atoms with Crippen LogP contribution in [-0.2, 0) is 23.7 Å². The van der Waals surface area contributed by atoms with Crippen LogP contribution in [0.3, 0.4) is 0 Å². The van der Waals surface area contributed by atoms with Crippen LogP contribution in [0.1, 0.15) is 105 Å². The third-order valence-corrected chi connectivity index (χ3v) is 6.95. The summed E-state index contributed by atoms with van der Waals surface area (Å²) in [5, 5.41) is 9.81. The van der Waals surface area contributed by atoms with Crippen LogP contribution in [0, 0.1) is 5.92 Å². The Morgan fingerprint density at radius 2 is 1.33 bits per heavy atom. The minimum atomic E-state index is -1.43. The zero-order chi connectivity index (χ0) is 32.5. The Morgan fingerprint density at radius 1 is 0.767 bits per heavy atom. The fourth-order valence-corrected chi connectivity index (χ4v) is 4.47. The summed E-state index contributed by atoms with van der Waals surface area (Å²) in [7, 11) is 0. The maximum atomic E-state index is 12.6. The van der Waals surface area contributed by atoms with Crippen molar-refractivity contribution in [2.24, 2.45) is 11.7 Å². The average Bonchev–Trinajstić information content (AvgIpc) is 2.92. The minimum Gasteiger partial charge on any atom is -0.480 e. The Kier molecular flexibility index (Phi) is 17.1. The first-order chi connectivity index (χ1) is 20.3. The van der Waals surface area contributed by atoms with Crippen molar-refractivity contribution in [1.82, 2.24) is 0 Å². The third-order valence-electron chi connectivity index (χ3n) is 6.95. The Hall–Kier alpha value is -3.54. The molecule has 0 saturated carbocycles. The van der Waals surface area contributed by atoms with Gasteiger partial charge in [0.25, 0.3) is 0 Å². The van der Waals surface area contributed by atoms with E-state index in [9.17, 15) is 24.3 Å². The highest BCUT2D eigenvalue weighted by Crippen LogP contribution is 2.37. The summed E-state index contributed by atoms with van der Waals surface area (Å²) in [6.45, 7) is 12.8. The van der Waals surface area contributed by atoms with Gasteiger partial charge in [0.05, 0.1) is 6.61 Å². The molecular formula is C31H49NO11. The van der Waals surface area contributed by atoms with Crippen molar-refractivity contribution in [1.29, 1.82) is 0 Å². The predicted molar refractivity (Wildman–Crippen MR) is 158 cm³/mol. The van der Waals surface area contributed by atoms with E-state index in [1.54, 1.807) is 27.7 Å². The lowest BCUT2D eigenvalue weighted by atomic mass is 9.79. The Balaban J connectivity index is 3.35. The molecule has 1 aromatic carbocycles. The summed E-state index contributed by atoms with van der Waals surface area (Å²) >= 11 is 0. The van der Waals surface area contributed by atoms with Gasteiger partial charge in [-0.1, -0.05) is 59.4 Å². The molecule has 6 atom stereocenters. The summed E-state index contributed by atoms with van der Waals surface area (Å²) in [5.74, 6) is -3.21. The van der Waals surface area contributed by atoms with Gasteiger partial charge < -0.3 is 39.3 Å². The molecule has 0 aromatic heterocycles. The van der Waals surface area contributed by atoms with E-state index < -0.39 is 60.6 Å². The van der Waals surface area contributed by atoms with E-state index in [0.29, 0.717) is 24.8 Å². The Morgan fingerprint density at radius 3 is 1.84 bits per heavy atom. The van der Waals surface area contributed by atoms with Crippen molar-refractivity contribution in [3.05, 3.63) is 23.8 Å². The largest absolute Gasteiger partial charge is 0.514 e. The van der Waals surface area contributed by atoms with Crippen molar-refractivity contribution >= 4 is 24.4 Å². The predicted octanol–water partition coefficient (Wildman–Crippen LogP) is 6.96. The number of nitrogens with two attached hydrogens (primary N) is 1. The normalized spacial score (nSPS) is 15.2. The van der Waals surface area contributed by atoms with Gasteiger partial charge in [-0.3, -0.25) is 4.79 Å². The molecule has 3 N–H and O–H groups in total. The van der Waals surface area contributed by atoms with Crippen molar-refractivity contribution < 1.29 is 52.7 Å². The minimum absolute atomic E-state index is 0.146. The average molecular weight is 612 g/mol. The van der Waals surface area contributed by atoms with E-state index in [1.165, 1.54) is 18.2 Å². The lowest BCUT2D eigenvalue weighted by Gasteiger charge is -2.31. The second kappa shape index (κ2) is 19.6. The number of carbonyl (C=O) groups excluding carboxylic acids is 3. The summed E-state index contributed by atoms with van der Waals surface area (Å²) < 4.78 is 31.9. The van der Waals surface area contributed by atoms with Gasteiger partial charge in [0.15, 0.2) is 11.5 Å². The molecule has 43 heavy (non-hydrogen) atoms. The molecule has 0 spiro atoms. The molecule has 5 unspecified atom stereocenters. The van der Waals surface area contributed by atoms with Crippen molar-refractivity contribution in [2.45, 2.75) is 124 Å². The van der Waals surface area contributed by atoms with Crippen molar-refractivity contribution in [3.63, 3.8) is 0 Å². The molecule has 244 valence electrons. The standard InChI is InChI=1S/C31H49NO11/c1-8-11-12-17-38-29(35)41-22(7)21(6)26(27(32)28(33)34)23-15-16-24(42-30(36)39-19(4)13-9-2)25(18-23)43-31(37)40-20(5)14-10-3/h15-16,18-22,26-27H,8-14,17,32H2,1-7H3,(H,33,34)/t19?,20?,21?,22?,26?,27-/m0/s1. The van der Waals surface area contributed by atoms with Gasteiger partial charge >= 0.3 is 24.4 Å². The van der Waals surface area contributed by atoms with Crippen molar-refractivity contribution in [2.75, 3.05) is 6.61 Å². The molecule has 0 amide bonds. The molecule has 1 aromatic rings. The van der Waals surface area contributed by atoms with Gasteiger partial charge in [-0.05, 0) is 57.7 Å². The summed E-state index contributed by atoms with van der Waals surface area (Å²) in [4.78, 5) is 49.3. The first-order valence-corrected chi connectivity index (χ1v) is 15.1. The van der Waals surface area contributed by atoms with Crippen LogP contribution < -0.4 is 15.2 Å². The fourth-order valence-electron chi connectivity index (χ4n) is 4.47. The van der Waals surface area contributed by atoms with Crippen LogP contribution >= 0.6 is 0 Å². The van der Waals surface area contributed by atoms with Gasteiger partial charge in [-0.2, -0.15) is 0 Å². The highest BCUT2D eigenvalue weighted by atomic mass is 16.8. The lowest BCUT2D eigenvalue weighted by molar-refractivity contribution is -0.139. The number of carboxylic acid groups (broad SMARTS) is 1. The van der Waals surface area contributed by atoms with E-state index in [0.717, 1.165) is 25.7 Å². The van der Waals surface area contributed by atoms with Crippen LogP contribution in [0.15, 0.2) is 18.2 Å². The van der Waals surface area contributed by atoms with E-state index >= 15 is 0 Å². The number of ether oxygens (including phenoxy) is 6. The molecule has 0 saturated heterocycles. The maximum Gasteiger partial charge on any atom is 0.514 e. The van der Waals surface area contributed by atoms with E-state index in [4.69, 9.17) is 34.2 Å². The number of benzene rings is 1. The maximum absolute atomic E-state index is 12.6. The van der Waals surface area contributed by atoms with Crippen molar-refractivity contribution in [3.8, 4) is 11.5 Å². The number of aliphatic carboxylic acids is 1. The summed E-state index contributed by atoms with van der Waals surface area (Å²) in [6, 6.07) is 2.76. The highest BCUT2D eigenvalue weighted by molar-refractivity contribution is 5.75. The molecule has 0 heterocycles. The molecule has 0 aliphatic rings. The number of rotatable bonds is 18. The van der Waals surface area contributed by atoms with E-state index in [2.05, 4.69) is 0 Å². The summed E-state index contributed by atoms with van der Waals surface area (Å²) in [6.07, 6.45) is 0.815. The van der Waals surface area contributed by atoms with Crippen LogP contribution in [0.5, 0.6) is 11.5 Å². The number of hydrogen-bond acceptors (Lipinski definition) is 11. The molecule has 0 fully saturated rings. The number of carbonyl (C=O) groups is 4. The highest BCUT2D eigenvalue weighted by Gasteiger charge is 2.36. The number of unbranched alkanes of at least 4 members (excludes halogenated alkanes) is 2. The van der Waals surface area contributed by atoms with Gasteiger partial charge in [-0.15, -0.1) is 0 Å². The van der Waals surface area contributed by atoms with Gasteiger partial charge in [0.2, 0.25) is 0 Å². The molecule has 0 aliphatic carbocycles. The van der Waals surface area contributed by atoms with Gasteiger partial charge in [-0.25, -0.2) is 14.4 Å². The second-order valence-electron chi connectivity index (χ2n) is 10.7. The third kappa shape index (κ3) is 13.5. The van der Waals surface area contributed by atoms with E-state index in [-0.39, 0.29) is 18.1 Å². The quantitative estimate of drug-likeness (QED) is 0.0758. The number of carboxylic acids is 1. The second-order valence-corrected chi connectivity index (χ2v) is 10.7. The van der Waals surface area contributed by atoms with Gasteiger partial charge in [0, 0.05) is 11.8 Å². The molecule has 12 heteroatoms. The number of hydrogen-bond donors (Lipinski definition) is 2. The van der Waals surface area contributed by atoms with Crippen LogP contribution in [0.4, 0.5) is 14.4 Å². The fraction of sp³-hybridized carbons (Fsp3) is 0.677. The zero-order valence-electron chi connectivity index (χ0n) is 26.5.